The first-order chi connectivity index (χ1) is 8.88. The first-order valence-electron chi connectivity index (χ1n) is 5.96. The van der Waals surface area contributed by atoms with Crippen molar-refractivity contribution in [1.29, 1.82) is 0 Å². The molecule has 1 N–H and O–H groups in total. The molecule has 1 aliphatic rings. The number of thiophene rings is 1. The molecule has 4 heteroatoms. The van der Waals surface area contributed by atoms with Crippen LogP contribution in [0.2, 0.25) is 0 Å². The molecule has 94 valence electrons. The molecule has 2 unspecified atom stereocenters. The maximum atomic E-state index is 6.13. The van der Waals surface area contributed by atoms with Crippen LogP contribution < -0.4 is 10.1 Å². The highest BCUT2D eigenvalue weighted by atomic mass is 32.2. The van der Waals surface area contributed by atoms with Crippen LogP contribution in [-0.4, -0.2) is 18.9 Å². The summed E-state index contributed by atoms with van der Waals surface area (Å²) in [5, 5.41) is 7.68. The third-order valence-corrected chi connectivity index (χ3v) is 4.96. The minimum atomic E-state index is 0.185. The number of likely N-dealkylation sites (N-methyl/N-ethyl adjacent to an activating group) is 1. The Hall–Kier alpha value is -0.970. The monoisotopic (exact) mass is 277 g/mol. The van der Waals surface area contributed by atoms with Crippen molar-refractivity contribution in [1.82, 2.24) is 5.32 Å². The fourth-order valence-corrected chi connectivity index (χ4v) is 3.95. The highest BCUT2D eigenvalue weighted by Crippen LogP contribution is 2.38. The average Bonchev–Trinajstić information content (AvgIpc) is 2.93. The lowest BCUT2D eigenvalue weighted by atomic mass is 10.1. The van der Waals surface area contributed by atoms with Crippen molar-refractivity contribution in [3.05, 3.63) is 46.7 Å². The summed E-state index contributed by atoms with van der Waals surface area (Å²) in [7, 11) is 2.00. The van der Waals surface area contributed by atoms with Crippen LogP contribution in [0.15, 0.2) is 46.0 Å². The number of thioether (sulfide) groups is 1. The van der Waals surface area contributed by atoms with E-state index in [1.54, 1.807) is 11.3 Å². The highest BCUT2D eigenvalue weighted by molar-refractivity contribution is 7.99. The third-order valence-electron chi connectivity index (χ3n) is 3.12. The molecular formula is C14H15NOS2. The molecule has 0 amide bonds. The van der Waals surface area contributed by atoms with Gasteiger partial charge >= 0.3 is 0 Å². The largest absolute Gasteiger partial charge is 0.486 e. The third kappa shape index (κ3) is 2.28. The van der Waals surface area contributed by atoms with Gasteiger partial charge in [-0.3, -0.25) is 0 Å². The number of fused-ring (bicyclic) bond motifs is 1. The van der Waals surface area contributed by atoms with Gasteiger partial charge in [-0.15, -0.1) is 11.8 Å². The molecule has 0 bridgehead atoms. The summed E-state index contributed by atoms with van der Waals surface area (Å²) < 4.78 is 6.13. The Morgan fingerprint density at radius 3 is 3.00 bits per heavy atom. The van der Waals surface area contributed by atoms with E-state index in [1.807, 2.05) is 24.9 Å². The van der Waals surface area contributed by atoms with Crippen LogP contribution in [0.4, 0.5) is 0 Å². The number of nitrogens with one attached hydrogen (secondary N) is 1. The topological polar surface area (TPSA) is 21.3 Å². The number of hydrogen-bond acceptors (Lipinski definition) is 4. The van der Waals surface area contributed by atoms with E-state index in [4.69, 9.17) is 4.74 Å². The molecular weight excluding hydrogens is 262 g/mol. The van der Waals surface area contributed by atoms with Gasteiger partial charge in [0.05, 0.1) is 6.04 Å². The normalized spacial score (nSPS) is 19.9. The molecule has 0 saturated carbocycles. The highest BCUT2D eigenvalue weighted by Gasteiger charge is 2.28. The summed E-state index contributed by atoms with van der Waals surface area (Å²) in [5.41, 5.74) is 1.31. The second-order valence-electron chi connectivity index (χ2n) is 4.24. The van der Waals surface area contributed by atoms with Crippen molar-refractivity contribution in [3.63, 3.8) is 0 Å². The van der Waals surface area contributed by atoms with E-state index in [2.05, 4.69) is 40.3 Å². The summed E-state index contributed by atoms with van der Waals surface area (Å²) in [6.45, 7) is 0. The number of para-hydroxylation sites is 1. The summed E-state index contributed by atoms with van der Waals surface area (Å²) in [6, 6.07) is 10.7. The van der Waals surface area contributed by atoms with Gasteiger partial charge in [0.25, 0.3) is 0 Å². The van der Waals surface area contributed by atoms with Crippen molar-refractivity contribution in [3.8, 4) is 5.75 Å². The lowest BCUT2D eigenvalue weighted by Gasteiger charge is -2.31. The van der Waals surface area contributed by atoms with Gasteiger partial charge in [-0.1, -0.05) is 12.1 Å². The van der Waals surface area contributed by atoms with Gasteiger partial charge in [-0.05, 0) is 41.6 Å². The molecule has 0 radical (unpaired) electrons. The minimum absolute atomic E-state index is 0.185. The Bertz CT molecular complexity index is 512. The predicted molar refractivity (Wildman–Crippen MR) is 77.7 cm³/mol. The molecule has 2 atom stereocenters. The molecule has 2 heterocycles. The molecule has 1 aliphatic heterocycles. The van der Waals surface area contributed by atoms with Gasteiger partial charge in [0.1, 0.15) is 11.9 Å². The van der Waals surface area contributed by atoms with Crippen molar-refractivity contribution in [2.45, 2.75) is 17.0 Å². The predicted octanol–water partition coefficient (Wildman–Crippen LogP) is 3.56. The smallest absolute Gasteiger partial charge is 0.133 e. The van der Waals surface area contributed by atoms with E-state index in [1.165, 1.54) is 10.5 Å². The second kappa shape index (κ2) is 5.34. The van der Waals surface area contributed by atoms with E-state index in [-0.39, 0.29) is 12.1 Å². The molecule has 2 aromatic rings. The summed E-state index contributed by atoms with van der Waals surface area (Å²) >= 11 is 3.61. The van der Waals surface area contributed by atoms with Crippen molar-refractivity contribution < 1.29 is 4.74 Å². The summed E-state index contributed by atoms with van der Waals surface area (Å²) in [4.78, 5) is 1.24. The van der Waals surface area contributed by atoms with Gasteiger partial charge in [-0.25, -0.2) is 0 Å². The van der Waals surface area contributed by atoms with Gasteiger partial charge in [-0.2, -0.15) is 11.3 Å². The van der Waals surface area contributed by atoms with Crippen molar-refractivity contribution in [2.24, 2.45) is 0 Å². The Labute approximate surface area is 115 Å². The zero-order valence-corrected chi connectivity index (χ0v) is 11.8. The number of rotatable bonds is 3. The van der Waals surface area contributed by atoms with Crippen molar-refractivity contribution in [2.75, 3.05) is 12.8 Å². The Kier molecular flexibility index (Phi) is 3.59. The summed E-state index contributed by atoms with van der Waals surface area (Å²) in [5.74, 6) is 1.99. The van der Waals surface area contributed by atoms with E-state index in [0.29, 0.717) is 0 Å². The fourth-order valence-electron chi connectivity index (χ4n) is 2.22. The zero-order valence-electron chi connectivity index (χ0n) is 10.1. The van der Waals surface area contributed by atoms with E-state index < -0.39 is 0 Å². The average molecular weight is 277 g/mol. The molecule has 18 heavy (non-hydrogen) atoms. The van der Waals surface area contributed by atoms with Crippen LogP contribution in [-0.2, 0) is 0 Å². The van der Waals surface area contributed by atoms with Crippen LogP contribution in [0, 0.1) is 0 Å². The lowest BCUT2D eigenvalue weighted by molar-refractivity contribution is 0.171. The van der Waals surface area contributed by atoms with Crippen LogP contribution in [0.3, 0.4) is 0 Å². The number of ether oxygens (including phenoxy) is 1. The first kappa shape index (κ1) is 12.1. The van der Waals surface area contributed by atoms with E-state index in [0.717, 1.165) is 11.5 Å². The Morgan fingerprint density at radius 2 is 2.22 bits per heavy atom. The van der Waals surface area contributed by atoms with E-state index in [9.17, 15) is 0 Å². The molecule has 1 aromatic carbocycles. The first-order valence-corrected chi connectivity index (χ1v) is 7.89. The number of hydrogen-bond donors (Lipinski definition) is 1. The fraction of sp³-hybridized carbons (Fsp3) is 0.286. The Balaban J connectivity index is 1.82. The van der Waals surface area contributed by atoms with Gasteiger partial charge in [0.15, 0.2) is 0 Å². The van der Waals surface area contributed by atoms with Crippen LogP contribution in [0.25, 0.3) is 0 Å². The molecule has 0 spiro atoms. The van der Waals surface area contributed by atoms with Gasteiger partial charge in [0.2, 0.25) is 0 Å². The zero-order chi connectivity index (χ0) is 12.4. The standard InChI is InChI=1S/C14H15NOS2/c1-15-14(10-6-7-17-8-10)12-9-18-13-5-3-2-4-11(13)16-12/h2-8,12,14-15H,9H2,1H3. The maximum Gasteiger partial charge on any atom is 0.133 e. The molecule has 0 saturated heterocycles. The molecule has 0 aliphatic carbocycles. The van der Waals surface area contributed by atoms with Gasteiger partial charge in [0, 0.05) is 10.6 Å². The Morgan fingerprint density at radius 1 is 1.33 bits per heavy atom. The summed E-state index contributed by atoms with van der Waals surface area (Å²) in [6.07, 6.45) is 0.185. The minimum Gasteiger partial charge on any atom is -0.486 e. The quantitative estimate of drug-likeness (QED) is 0.927. The van der Waals surface area contributed by atoms with Gasteiger partial charge < -0.3 is 10.1 Å². The van der Waals surface area contributed by atoms with Crippen molar-refractivity contribution >= 4 is 23.1 Å². The van der Waals surface area contributed by atoms with Crippen LogP contribution in [0.1, 0.15) is 11.6 Å². The van der Waals surface area contributed by atoms with E-state index >= 15 is 0 Å². The SMILES string of the molecule is CNC(c1ccsc1)C1CSc2ccccc2O1. The second-order valence-corrected chi connectivity index (χ2v) is 6.08. The molecule has 1 aromatic heterocycles. The van der Waals surface area contributed by atoms with Crippen LogP contribution >= 0.6 is 23.1 Å². The molecule has 3 rings (SSSR count). The lowest BCUT2D eigenvalue weighted by Crippen LogP contribution is -2.37. The molecule has 2 nitrogen and oxygen atoms in total. The molecule has 0 fully saturated rings. The maximum absolute atomic E-state index is 6.13. The van der Waals surface area contributed by atoms with Crippen LogP contribution in [0.5, 0.6) is 5.75 Å². The number of benzene rings is 1.